The Hall–Kier alpha value is -0.950. The molecule has 1 aliphatic rings. The highest BCUT2D eigenvalue weighted by molar-refractivity contribution is 7.89. The standard InChI is InChI=1S/C15H25N3O2S/c1-16-11-13-6-5-8-15(10-13)21(19,20)17-12-14-7-3-4-9-18(14)2/h5-6,8,10,14,16-17H,3-4,7,9,11-12H2,1-2H3. The fourth-order valence-electron chi connectivity index (χ4n) is 2.72. The first kappa shape index (κ1) is 16.4. The molecule has 2 rings (SSSR count). The summed E-state index contributed by atoms with van der Waals surface area (Å²) in [5.41, 5.74) is 0.968. The van der Waals surface area contributed by atoms with Gasteiger partial charge < -0.3 is 10.2 Å². The van der Waals surface area contributed by atoms with E-state index in [2.05, 4.69) is 22.0 Å². The van der Waals surface area contributed by atoms with Gasteiger partial charge in [-0.25, -0.2) is 13.1 Å². The minimum Gasteiger partial charge on any atom is -0.316 e. The normalized spacial score (nSPS) is 20.6. The van der Waals surface area contributed by atoms with Gasteiger partial charge in [0, 0.05) is 19.1 Å². The Labute approximate surface area is 127 Å². The summed E-state index contributed by atoms with van der Waals surface area (Å²) in [6.07, 6.45) is 3.43. The fraction of sp³-hybridized carbons (Fsp3) is 0.600. The highest BCUT2D eigenvalue weighted by Crippen LogP contribution is 2.16. The highest BCUT2D eigenvalue weighted by atomic mass is 32.2. The average molecular weight is 311 g/mol. The molecule has 6 heteroatoms. The Kier molecular flexibility index (Phi) is 5.75. The van der Waals surface area contributed by atoms with Gasteiger partial charge >= 0.3 is 0 Å². The Morgan fingerprint density at radius 1 is 1.33 bits per heavy atom. The highest BCUT2D eigenvalue weighted by Gasteiger charge is 2.22. The van der Waals surface area contributed by atoms with Crippen LogP contribution >= 0.6 is 0 Å². The van der Waals surface area contributed by atoms with Crippen molar-refractivity contribution in [3.8, 4) is 0 Å². The molecule has 0 saturated carbocycles. The van der Waals surface area contributed by atoms with Crippen molar-refractivity contribution in [1.29, 1.82) is 0 Å². The number of hydrogen-bond donors (Lipinski definition) is 2. The number of hydrogen-bond acceptors (Lipinski definition) is 4. The summed E-state index contributed by atoms with van der Waals surface area (Å²) in [4.78, 5) is 2.58. The van der Waals surface area contributed by atoms with Gasteiger partial charge in [-0.05, 0) is 51.2 Å². The van der Waals surface area contributed by atoms with E-state index in [4.69, 9.17) is 0 Å². The number of likely N-dealkylation sites (N-methyl/N-ethyl adjacent to an activating group) is 1. The first-order valence-corrected chi connectivity index (χ1v) is 8.94. The molecule has 0 aliphatic carbocycles. The van der Waals surface area contributed by atoms with E-state index in [1.54, 1.807) is 18.2 Å². The largest absolute Gasteiger partial charge is 0.316 e. The molecular formula is C15H25N3O2S. The van der Waals surface area contributed by atoms with E-state index < -0.39 is 10.0 Å². The summed E-state index contributed by atoms with van der Waals surface area (Å²) in [6.45, 7) is 2.19. The van der Waals surface area contributed by atoms with Crippen molar-refractivity contribution in [2.24, 2.45) is 0 Å². The van der Waals surface area contributed by atoms with Crippen molar-refractivity contribution < 1.29 is 8.42 Å². The van der Waals surface area contributed by atoms with E-state index in [1.165, 1.54) is 12.8 Å². The van der Waals surface area contributed by atoms with Crippen LogP contribution in [-0.4, -0.2) is 46.5 Å². The summed E-state index contributed by atoms with van der Waals surface area (Å²) in [6, 6.07) is 7.38. The van der Waals surface area contributed by atoms with Gasteiger partial charge in [-0.3, -0.25) is 0 Å². The minimum absolute atomic E-state index is 0.300. The molecule has 1 aromatic rings. The van der Waals surface area contributed by atoms with Crippen LogP contribution in [0.3, 0.4) is 0 Å². The number of benzene rings is 1. The summed E-state index contributed by atoms with van der Waals surface area (Å²) in [7, 11) is 0.478. The lowest BCUT2D eigenvalue weighted by atomic mass is 10.0. The van der Waals surface area contributed by atoms with Gasteiger partial charge in [0.05, 0.1) is 4.90 Å². The van der Waals surface area contributed by atoms with Crippen LogP contribution in [0.4, 0.5) is 0 Å². The van der Waals surface area contributed by atoms with Crippen LogP contribution in [0.1, 0.15) is 24.8 Å². The molecule has 5 nitrogen and oxygen atoms in total. The zero-order valence-corrected chi connectivity index (χ0v) is 13.6. The molecule has 0 aromatic heterocycles. The van der Waals surface area contributed by atoms with Crippen LogP contribution in [0.5, 0.6) is 0 Å². The number of nitrogens with one attached hydrogen (secondary N) is 2. The van der Waals surface area contributed by atoms with E-state index in [9.17, 15) is 8.42 Å². The summed E-state index contributed by atoms with van der Waals surface area (Å²) >= 11 is 0. The lowest BCUT2D eigenvalue weighted by molar-refractivity contribution is 0.187. The topological polar surface area (TPSA) is 61.4 Å². The molecule has 0 spiro atoms. The Bertz CT molecular complexity index is 560. The molecular weight excluding hydrogens is 286 g/mol. The second-order valence-electron chi connectivity index (χ2n) is 5.66. The number of piperidine rings is 1. The third-order valence-corrected chi connectivity index (χ3v) is 5.44. The quantitative estimate of drug-likeness (QED) is 0.828. The molecule has 1 aliphatic heterocycles. The van der Waals surface area contributed by atoms with Crippen LogP contribution in [0.15, 0.2) is 29.2 Å². The lowest BCUT2D eigenvalue weighted by Crippen LogP contribution is -2.44. The maximum absolute atomic E-state index is 12.4. The third kappa shape index (κ3) is 4.51. The van der Waals surface area contributed by atoms with Crippen molar-refractivity contribution in [3.63, 3.8) is 0 Å². The van der Waals surface area contributed by atoms with Crippen LogP contribution in [-0.2, 0) is 16.6 Å². The van der Waals surface area contributed by atoms with Gasteiger partial charge in [-0.2, -0.15) is 0 Å². The molecule has 0 radical (unpaired) electrons. The van der Waals surface area contributed by atoms with Gasteiger partial charge in [-0.15, -0.1) is 0 Å². The second kappa shape index (κ2) is 7.35. The van der Waals surface area contributed by atoms with E-state index in [0.717, 1.165) is 18.5 Å². The van der Waals surface area contributed by atoms with Crippen LogP contribution < -0.4 is 10.0 Å². The van der Waals surface area contributed by atoms with E-state index in [1.807, 2.05) is 13.1 Å². The van der Waals surface area contributed by atoms with Crippen molar-refractivity contribution in [2.45, 2.75) is 36.7 Å². The van der Waals surface area contributed by atoms with Crippen LogP contribution in [0.2, 0.25) is 0 Å². The monoisotopic (exact) mass is 311 g/mol. The molecule has 1 aromatic carbocycles. The molecule has 0 bridgehead atoms. The summed E-state index contributed by atoms with van der Waals surface area (Å²) < 4.78 is 27.5. The van der Waals surface area contributed by atoms with Crippen molar-refractivity contribution in [3.05, 3.63) is 29.8 Å². The third-order valence-electron chi connectivity index (χ3n) is 4.02. The number of rotatable bonds is 6. The summed E-state index contributed by atoms with van der Waals surface area (Å²) in [5, 5.41) is 3.03. The van der Waals surface area contributed by atoms with Gasteiger partial charge in [0.15, 0.2) is 0 Å². The van der Waals surface area contributed by atoms with E-state index in [0.29, 0.717) is 24.0 Å². The fourth-order valence-corrected chi connectivity index (χ4v) is 3.86. The van der Waals surface area contributed by atoms with Gasteiger partial charge in [-0.1, -0.05) is 18.6 Å². The first-order chi connectivity index (χ1) is 10.0. The summed E-state index contributed by atoms with van der Waals surface area (Å²) in [5.74, 6) is 0. The van der Waals surface area contributed by atoms with Crippen LogP contribution in [0, 0.1) is 0 Å². The maximum atomic E-state index is 12.4. The predicted molar refractivity (Wildman–Crippen MR) is 84.7 cm³/mol. The van der Waals surface area contributed by atoms with Crippen molar-refractivity contribution >= 4 is 10.0 Å². The zero-order chi connectivity index (χ0) is 15.3. The molecule has 118 valence electrons. The maximum Gasteiger partial charge on any atom is 0.240 e. The average Bonchev–Trinajstić information content (AvgIpc) is 2.47. The molecule has 1 atom stereocenters. The predicted octanol–water partition coefficient (Wildman–Crippen LogP) is 1.17. The Balaban J connectivity index is 2.02. The smallest absolute Gasteiger partial charge is 0.240 e. The number of likely N-dealkylation sites (tertiary alicyclic amines) is 1. The number of nitrogens with zero attached hydrogens (tertiary/aromatic N) is 1. The second-order valence-corrected chi connectivity index (χ2v) is 7.43. The molecule has 1 heterocycles. The Morgan fingerprint density at radius 2 is 2.14 bits per heavy atom. The SMILES string of the molecule is CNCc1cccc(S(=O)(=O)NCC2CCCCN2C)c1. The number of sulfonamides is 1. The first-order valence-electron chi connectivity index (χ1n) is 7.46. The molecule has 2 N–H and O–H groups in total. The Morgan fingerprint density at radius 3 is 2.86 bits per heavy atom. The molecule has 1 fully saturated rings. The molecule has 21 heavy (non-hydrogen) atoms. The zero-order valence-electron chi connectivity index (χ0n) is 12.8. The van der Waals surface area contributed by atoms with Gasteiger partial charge in [0.1, 0.15) is 0 Å². The lowest BCUT2D eigenvalue weighted by Gasteiger charge is -2.32. The van der Waals surface area contributed by atoms with E-state index in [-0.39, 0.29) is 0 Å². The van der Waals surface area contributed by atoms with Gasteiger partial charge in [0.25, 0.3) is 0 Å². The molecule has 0 amide bonds. The van der Waals surface area contributed by atoms with E-state index >= 15 is 0 Å². The van der Waals surface area contributed by atoms with Crippen molar-refractivity contribution in [2.75, 3.05) is 27.2 Å². The van der Waals surface area contributed by atoms with Crippen molar-refractivity contribution in [1.82, 2.24) is 14.9 Å². The van der Waals surface area contributed by atoms with Gasteiger partial charge in [0.2, 0.25) is 10.0 Å². The molecule has 1 unspecified atom stereocenters. The van der Waals surface area contributed by atoms with Crippen LogP contribution in [0.25, 0.3) is 0 Å². The minimum atomic E-state index is -3.43. The molecule has 1 saturated heterocycles.